The summed E-state index contributed by atoms with van der Waals surface area (Å²) in [6, 6.07) is 46.5. The molecular formula is C86H107Cl5N9O18PS5Sn. The number of rotatable bonds is 14. The number of aromatic carboxylic acids is 1. The molecule has 6 N–H and O–H groups in total. The maximum absolute atomic E-state index is 13.3. The summed E-state index contributed by atoms with van der Waals surface area (Å²) in [5.74, 6) is 1.13. The monoisotopic (exact) mass is 2040 g/mol. The Balaban J connectivity index is 0.000000391. The molecule has 7 aromatic carbocycles. The summed E-state index contributed by atoms with van der Waals surface area (Å²) in [6.45, 7) is 30.3. The number of sulfone groups is 4. The number of carboxylic acid groups (broad SMARTS) is 1. The van der Waals surface area contributed by atoms with Gasteiger partial charge in [0.05, 0.1) is 57.5 Å². The quantitative estimate of drug-likeness (QED) is 0.0196. The van der Waals surface area contributed by atoms with E-state index >= 15 is 0 Å². The first kappa shape index (κ1) is 111. The zero-order valence-electron chi connectivity index (χ0n) is 72.5. The van der Waals surface area contributed by atoms with E-state index in [1.54, 1.807) is 139 Å². The number of aryl methyl sites for hydroxylation is 2. The third kappa shape index (κ3) is 34.2. The van der Waals surface area contributed by atoms with Crippen LogP contribution in [0, 0.1) is 20.2 Å². The summed E-state index contributed by atoms with van der Waals surface area (Å²) in [5.41, 5.74) is 18.4. The number of pyridine rings is 2. The van der Waals surface area contributed by atoms with Gasteiger partial charge in [0.25, 0.3) is 17.3 Å². The molecule has 125 heavy (non-hydrogen) atoms. The van der Waals surface area contributed by atoms with Crippen LogP contribution in [0.2, 0.25) is 0 Å². The summed E-state index contributed by atoms with van der Waals surface area (Å²) in [6.07, 6.45) is 12.8. The molecule has 0 saturated carbocycles. The number of carboxylic acids is 1. The number of fused-ring (bicyclic) bond motifs is 2. The minimum atomic E-state index is -3.58. The van der Waals surface area contributed by atoms with Gasteiger partial charge in [-0.15, -0.1) is 11.8 Å². The molecule has 0 fully saturated rings. The van der Waals surface area contributed by atoms with Gasteiger partial charge in [-0.05, 0) is 192 Å². The first-order chi connectivity index (χ1) is 56.7. The van der Waals surface area contributed by atoms with Crippen LogP contribution in [-0.4, -0.2) is 130 Å². The molecule has 4 aromatic heterocycles. The second-order valence-corrected chi connectivity index (χ2v) is 52.7. The van der Waals surface area contributed by atoms with Crippen molar-refractivity contribution < 1.29 is 72.3 Å². The molecule has 0 spiro atoms. The first-order valence-corrected chi connectivity index (χ1v) is 57.5. The van der Waals surface area contributed by atoms with Crippen LogP contribution in [0.15, 0.2) is 213 Å². The Kier molecular flexibility index (Phi) is 40.2. The standard InChI is InChI=1S/C26H27N3O4S.C15H12N2O3.C11H15NO4S.2C11H17NO2S.C11H15NO2S.CH4.Cl3OP.2ClH.Sn/c1-26(2,3)18-9-10-23(34(5,31)32)20(16-18)28-25(30)21-15-17-7-6-8-22(24(17)29(21)4)33-19-11-13-27-14-12-19;1-17-12(15(18)19)9-10-3-2-4-13(14(10)17)20-11-5-7-16-8-6-11;1-11(2,3)8-5-6-10(17(4,15)16)9(7-8)12(13)14;2*1-11(2,3)8-5-6-10(9(12)7-8)15(4,13)14;1-11(2,3)8-5-6-10(15-4)9(7-8)12(13)14;;1-5(2,3)4;;;/h6-16H,1-5H3,(H,28,30);2-9H,1H3,(H,18,19);5-7H,1-4H3;2*5-7H,12H2,1-4H3;5-7H,1-4H3;1H4;;2*1H;/q;;;;;;;;;;+2/p-2. The summed E-state index contributed by atoms with van der Waals surface area (Å²) >= 11 is 14.4. The number of carbonyl (C=O) groups is 2. The molecule has 0 aliphatic carbocycles. The van der Waals surface area contributed by atoms with E-state index in [2.05, 4.69) is 90.5 Å². The van der Waals surface area contributed by atoms with Crippen LogP contribution in [0.4, 0.5) is 28.4 Å². The molecule has 0 atom stereocenters. The number of thioether (sulfide) groups is 1. The van der Waals surface area contributed by atoms with Gasteiger partial charge in [-0.3, -0.25) is 39.6 Å². The zero-order valence-corrected chi connectivity index (χ0v) is 84.1. The van der Waals surface area contributed by atoms with Crippen molar-refractivity contribution in [1.82, 2.24) is 19.1 Å². The van der Waals surface area contributed by atoms with Crippen molar-refractivity contribution in [2.75, 3.05) is 48.1 Å². The predicted octanol–water partition coefficient (Wildman–Crippen LogP) is 22.7. The number of amides is 1. The van der Waals surface area contributed by atoms with Crippen molar-refractivity contribution in [2.24, 2.45) is 14.1 Å². The molecule has 4 heterocycles. The fraction of sp³-hybridized carbons (Fsp3) is 0.326. The van der Waals surface area contributed by atoms with Crippen LogP contribution in [0.25, 0.3) is 21.8 Å². The summed E-state index contributed by atoms with van der Waals surface area (Å²) in [5, 5.41) is 32.2. The number of ether oxygens (including phenoxy) is 2. The van der Waals surface area contributed by atoms with E-state index < -0.39 is 80.2 Å². The second-order valence-electron chi connectivity index (χ2n) is 33.0. The second kappa shape index (κ2) is 45.5. The van der Waals surface area contributed by atoms with Crippen molar-refractivity contribution in [1.29, 1.82) is 0 Å². The minimum absolute atomic E-state index is 0. The number of nitro groups is 2. The summed E-state index contributed by atoms with van der Waals surface area (Å²) in [4.78, 5) is 54.2. The molecule has 678 valence electrons. The molecule has 0 bridgehead atoms. The molecule has 11 rings (SSSR count). The Hall–Kier alpha value is -8.51. The van der Waals surface area contributed by atoms with Gasteiger partial charge < -0.3 is 40.5 Å². The fourth-order valence-electron chi connectivity index (χ4n) is 11.5. The molecule has 11 aromatic rings. The van der Waals surface area contributed by atoms with Gasteiger partial charge in [0, 0.05) is 86.8 Å². The molecule has 0 aliphatic heterocycles. The van der Waals surface area contributed by atoms with Gasteiger partial charge in [-0.2, -0.15) is 0 Å². The molecule has 0 unspecified atom stereocenters. The Morgan fingerprint density at radius 2 is 0.776 bits per heavy atom. The number of nitrogens with one attached hydrogen (secondary N) is 1. The Bertz CT molecular complexity index is 6100. The third-order valence-corrected chi connectivity index (χ3v) is 23.4. The predicted molar refractivity (Wildman–Crippen MR) is 511 cm³/mol. The Morgan fingerprint density at radius 3 is 1.09 bits per heavy atom. The van der Waals surface area contributed by atoms with Gasteiger partial charge in [0.15, 0.2) is 50.8 Å². The van der Waals surface area contributed by atoms with Crippen molar-refractivity contribution in [2.45, 2.75) is 163 Å². The fourth-order valence-corrected chi connectivity index (χ4v) is 15.3. The van der Waals surface area contributed by atoms with E-state index in [-0.39, 0.29) is 81.8 Å². The van der Waals surface area contributed by atoms with Gasteiger partial charge >= 0.3 is 47.9 Å². The number of hydrogen-bond donors (Lipinski definition) is 4. The molecule has 1 amide bonds. The molecular weight excluding hydrogens is 1930 g/mol. The van der Waals surface area contributed by atoms with Crippen LogP contribution in [-0.2, 0) is 85.1 Å². The number of aromatic nitrogens is 4. The van der Waals surface area contributed by atoms with Gasteiger partial charge in [-0.25, -0.2) is 38.5 Å². The van der Waals surface area contributed by atoms with Gasteiger partial charge in [-0.1, -0.05) is 166 Å². The maximum atomic E-state index is 13.3. The topological polar surface area (TPSA) is 412 Å². The Morgan fingerprint density at radius 1 is 0.480 bits per heavy atom. The van der Waals surface area contributed by atoms with E-state index in [0.29, 0.717) is 45.0 Å². The summed E-state index contributed by atoms with van der Waals surface area (Å²) < 4.78 is 118. The van der Waals surface area contributed by atoms with Crippen LogP contribution < -0.4 is 26.3 Å². The normalized spacial score (nSPS) is 11.7. The molecule has 0 saturated heterocycles. The number of para-hydroxylation sites is 2. The number of halogens is 5. The number of nitrogens with zero attached hydrogens (tertiary/aromatic N) is 6. The average Bonchev–Trinajstić information content (AvgIpc) is 1.73. The number of hydrogen-bond acceptors (Lipinski definition) is 22. The van der Waals surface area contributed by atoms with E-state index in [1.165, 1.54) is 23.9 Å². The van der Waals surface area contributed by atoms with Crippen molar-refractivity contribution in [3.05, 3.63) is 248 Å². The van der Waals surface area contributed by atoms with Crippen molar-refractivity contribution >= 4 is 189 Å². The average molecular weight is 2040 g/mol. The number of nitrogen functional groups attached to an aromatic ring is 2. The third-order valence-electron chi connectivity index (χ3n) is 18.0. The molecule has 39 heteroatoms. The molecule has 2 radical (unpaired) electrons. The van der Waals surface area contributed by atoms with Crippen LogP contribution >= 0.6 is 68.5 Å². The SMILES string of the molecule is C.CC(C)(C)c1ccc(S(C)(=O)=O)c(N)c1.CC(C)(C)c1ccc(S(C)(=O)=O)c(N)c1.CC(C)(C)c1ccc(S(C)(=O)=O)c([N+](=O)[O-])c1.CSc1ccc(C(C)(C)C)cc1[N+](=O)[O-].Cn1c(C(=O)Nc2cc(C(C)(C)C)ccc2S(C)(=O)=O)cc2cccc(Oc3ccncc3)c21.Cn1c(C(=O)O)cc2cccc(Oc3ccncc3)c21.O=P(Cl)(Cl)Cl.[Cl][Sn][Cl]. The van der Waals surface area contributed by atoms with Crippen LogP contribution in [0.1, 0.15) is 160 Å². The zero-order chi connectivity index (χ0) is 94.8. The van der Waals surface area contributed by atoms with E-state index in [4.69, 9.17) is 38.8 Å². The molecule has 27 nitrogen and oxygen atoms in total. The Labute approximate surface area is 769 Å². The van der Waals surface area contributed by atoms with Crippen LogP contribution in [0.5, 0.6) is 23.0 Å². The van der Waals surface area contributed by atoms with E-state index in [0.717, 1.165) is 74.6 Å². The van der Waals surface area contributed by atoms with Crippen LogP contribution in [0.3, 0.4) is 0 Å². The summed E-state index contributed by atoms with van der Waals surface area (Å²) in [7, 11) is -0.211. The molecule has 0 aliphatic rings. The number of anilines is 3. The van der Waals surface area contributed by atoms with Crippen molar-refractivity contribution in [3.8, 4) is 23.0 Å². The number of nitrogens with two attached hydrogens (primary N) is 2. The number of benzene rings is 7. The van der Waals surface area contributed by atoms with Gasteiger partial charge in [0.1, 0.15) is 27.8 Å². The number of nitro benzene ring substituents is 2. The van der Waals surface area contributed by atoms with E-state index in [1.807, 2.05) is 129 Å². The van der Waals surface area contributed by atoms with E-state index in [9.17, 15) is 73.2 Å². The first-order valence-electron chi connectivity index (χ1n) is 37.1. The number of carbonyl (C=O) groups excluding carboxylic acids is 1. The van der Waals surface area contributed by atoms with Gasteiger partial charge in [0.2, 0.25) is 0 Å². The van der Waals surface area contributed by atoms with Crippen molar-refractivity contribution in [3.63, 3.8) is 0 Å².